The Kier molecular flexibility index (Phi) is 12.8. The molecule has 302 valence electrons. The molecule has 2 atom stereocenters. The number of urea groups is 1. The second-order valence-corrected chi connectivity index (χ2v) is 18.2. The Bertz CT molecular complexity index is 1990. The van der Waals surface area contributed by atoms with Crippen LogP contribution in [0.2, 0.25) is 5.02 Å². The predicted octanol–water partition coefficient (Wildman–Crippen LogP) is 9.27. The van der Waals surface area contributed by atoms with E-state index in [0.29, 0.717) is 40.6 Å². The van der Waals surface area contributed by atoms with E-state index in [0.717, 1.165) is 10.5 Å². The van der Waals surface area contributed by atoms with Crippen LogP contribution in [-0.2, 0) is 35.5 Å². The summed E-state index contributed by atoms with van der Waals surface area (Å²) in [5.74, 6) is -2.73. The molecule has 0 aromatic heterocycles. The van der Waals surface area contributed by atoms with Crippen molar-refractivity contribution in [2.45, 2.75) is 123 Å². The number of nitrogens with two attached hydrogens (primary N) is 1. The first-order valence-corrected chi connectivity index (χ1v) is 19.8. The van der Waals surface area contributed by atoms with E-state index in [9.17, 15) is 4.79 Å². The van der Waals surface area contributed by atoms with E-state index in [1.54, 1.807) is 95.3 Å². The normalized spacial score (nSPS) is 16.4. The van der Waals surface area contributed by atoms with Gasteiger partial charge in [-0.05, 0) is 85.5 Å². The van der Waals surface area contributed by atoms with Crippen molar-refractivity contribution in [3.63, 3.8) is 0 Å². The highest BCUT2D eigenvalue weighted by Gasteiger charge is 2.67. The number of nitrogens with zero attached hydrogens (tertiary/aromatic N) is 2. The van der Waals surface area contributed by atoms with Crippen LogP contribution in [0.15, 0.2) is 66.7 Å². The van der Waals surface area contributed by atoms with Gasteiger partial charge in [0.25, 0.3) is 11.8 Å². The molecule has 0 bridgehead atoms. The van der Waals surface area contributed by atoms with Crippen molar-refractivity contribution in [2.75, 3.05) is 16.8 Å². The zero-order valence-electron chi connectivity index (χ0n) is 34.4. The van der Waals surface area contributed by atoms with Gasteiger partial charge in [0.1, 0.15) is 16.7 Å². The average Bonchev–Trinajstić information content (AvgIpc) is 3.31. The monoisotopic (exact) mass is 806 g/mol. The zero-order valence-corrected chi connectivity index (χ0v) is 35.9. The number of hydrogen-bond acceptors (Lipinski definition) is 6. The lowest BCUT2D eigenvalue weighted by atomic mass is 9.66. The largest absolute Gasteiger partial charge is 0.493 e. The molecule has 1 saturated heterocycles. The number of Topliss-reactive ketones (excluding diaryl/α,β-unsaturated/α-hetero) is 1. The molecule has 4 rings (SSSR count). The third kappa shape index (κ3) is 8.19. The topological polar surface area (TPSA) is 139 Å². The Hall–Kier alpha value is -4.41. The molecule has 3 aromatic rings. The Morgan fingerprint density at radius 2 is 1.39 bits per heavy atom. The number of hydrogen-bond donors (Lipinski definition) is 2. The van der Waals surface area contributed by atoms with Crippen molar-refractivity contribution in [1.29, 1.82) is 0 Å². The molecule has 5 amide bonds. The van der Waals surface area contributed by atoms with E-state index in [-0.39, 0.29) is 18.6 Å². The molecule has 0 aliphatic carbocycles. The molecule has 3 N–H and O–H groups in total. The lowest BCUT2D eigenvalue weighted by molar-refractivity contribution is -0.153. The van der Waals surface area contributed by atoms with Crippen LogP contribution in [0.25, 0.3) is 0 Å². The van der Waals surface area contributed by atoms with Gasteiger partial charge in [0.05, 0.1) is 6.61 Å². The number of ether oxygens (including phenoxy) is 1. The van der Waals surface area contributed by atoms with E-state index in [1.165, 1.54) is 4.90 Å². The van der Waals surface area contributed by atoms with E-state index in [4.69, 9.17) is 33.7 Å². The standard InChI is InChI=1S/C44H56Cl2N4O6/c1-12-41(6,7)30-25-32(42(8,9)13-2)34(56-24-23-33(46)35(47)51)26-31(30)44(36(52)40(3,4)5,37(53)48-28-17-15-14-16-18-28)50-38(54)43(10,11)49(39(50)55)29-21-19-27(45)20-22-29/h14-22,25-26,33H,12-13,23-24H2,1-11H3,(H2,47,51)(H,48,53). The van der Waals surface area contributed by atoms with E-state index < -0.39 is 62.2 Å². The summed E-state index contributed by atoms with van der Waals surface area (Å²) in [5, 5.41) is 2.35. The van der Waals surface area contributed by atoms with Gasteiger partial charge in [0.2, 0.25) is 11.4 Å². The van der Waals surface area contributed by atoms with Crippen LogP contribution in [0.3, 0.4) is 0 Å². The molecule has 56 heavy (non-hydrogen) atoms. The van der Waals surface area contributed by atoms with Crippen LogP contribution in [0.5, 0.6) is 5.75 Å². The molecule has 1 heterocycles. The molecule has 1 aliphatic heterocycles. The number of nitrogens with one attached hydrogen (secondary N) is 1. The van der Waals surface area contributed by atoms with Gasteiger partial charge in [-0.3, -0.25) is 24.1 Å². The van der Waals surface area contributed by atoms with Crippen LogP contribution in [-0.4, -0.2) is 52.0 Å². The van der Waals surface area contributed by atoms with Crippen molar-refractivity contribution >= 4 is 64.1 Å². The van der Waals surface area contributed by atoms with Crippen molar-refractivity contribution in [1.82, 2.24) is 4.90 Å². The zero-order chi connectivity index (χ0) is 42.2. The van der Waals surface area contributed by atoms with Crippen LogP contribution in [0, 0.1) is 5.41 Å². The number of ketones is 1. The second-order valence-electron chi connectivity index (χ2n) is 17.3. The van der Waals surface area contributed by atoms with Gasteiger partial charge in [0, 0.05) is 39.4 Å². The lowest BCUT2D eigenvalue weighted by Gasteiger charge is -2.44. The summed E-state index contributed by atoms with van der Waals surface area (Å²) >= 11 is 12.5. The third-order valence-corrected chi connectivity index (χ3v) is 11.8. The van der Waals surface area contributed by atoms with Crippen LogP contribution in [0.1, 0.15) is 112 Å². The maximum Gasteiger partial charge on any atom is 0.333 e. The van der Waals surface area contributed by atoms with Crippen molar-refractivity contribution in [2.24, 2.45) is 11.1 Å². The van der Waals surface area contributed by atoms with Crippen molar-refractivity contribution in [3.05, 3.63) is 88.4 Å². The fourth-order valence-electron chi connectivity index (χ4n) is 6.95. The Balaban J connectivity index is 2.25. The Labute approximate surface area is 341 Å². The number of halogens is 2. The fraction of sp³-hybridized carbons (Fsp3) is 0.477. The molecular formula is C44H56Cl2N4O6. The molecule has 0 radical (unpaired) electrons. The number of para-hydroxylation sites is 1. The molecule has 0 spiro atoms. The predicted molar refractivity (Wildman–Crippen MR) is 223 cm³/mol. The summed E-state index contributed by atoms with van der Waals surface area (Å²) < 4.78 is 6.46. The summed E-state index contributed by atoms with van der Waals surface area (Å²) in [4.78, 5) is 75.9. The molecule has 3 aromatic carbocycles. The van der Waals surface area contributed by atoms with Gasteiger partial charge in [-0.15, -0.1) is 11.6 Å². The summed E-state index contributed by atoms with van der Waals surface area (Å²) in [6.45, 7) is 20.3. The average molecular weight is 808 g/mol. The van der Waals surface area contributed by atoms with Crippen molar-refractivity contribution < 1.29 is 28.7 Å². The highest BCUT2D eigenvalue weighted by molar-refractivity contribution is 6.31. The van der Waals surface area contributed by atoms with Gasteiger partial charge in [-0.25, -0.2) is 9.69 Å². The maximum atomic E-state index is 15.7. The number of carbonyl (C=O) groups excluding carboxylic acids is 5. The first kappa shape index (κ1) is 44.3. The van der Waals surface area contributed by atoms with Gasteiger partial charge in [-0.1, -0.05) is 98.2 Å². The molecular weight excluding hydrogens is 751 g/mol. The smallest absolute Gasteiger partial charge is 0.333 e. The van der Waals surface area contributed by atoms with Gasteiger partial charge in [0.15, 0.2) is 5.78 Å². The van der Waals surface area contributed by atoms with Crippen LogP contribution >= 0.6 is 23.2 Å². The van der Waals surface area contributed by atoms with E-state index >= 15 is 19.2 Å². The van der Waals surface area contributed by atoms with Gasteiger partial charge < -0.3 is 15.8 Å². The number of primary amides is 1. The molecule has 2 unspecified atom stereocenters. The van der Waals surface area contributed by atoms with Gasteiger partial charge in [-0.2, -0.15) is 0 Å². The van der Waals surface area contributed by atoms with Crippen LogP contribution < -0.4 is 20.7 Å². The summed E-state index contributed by atoms with van der Waals surface area (Å²) in [6.07, 6.45) is 1.32. The number of anilines is 2. The first-order chi connectivity index (χ1) is 25.9. The number of amides is 5. The second kappa shape index (κ2) is 16.2. The summed E-state index contributed by atoms with van der Waals surface area (Å²) in [6, 6.07) is 17.7. The summed E-state index contributed by atoms with van der Waals surface area (Å²) in [5.41, 5.74) is 0.992. The quantitative estimate of drug-likeness (QED) is 0.0892. The first-order valence-electron chi connectivity index (χ1n) is 19.0. The minimum Gasteiger partial charge on any atom is -0.493 e. The fourth-order valence-corrected chi connectivity index (χ4v) is 7.17. The van der Waals surface area contributed by atoms with Gasteiger partial charge >= 0.3 is 6.03 Å². The lowest BCUT2D eigenvalue weighted by Crippen LogP contribution is -2.65. The van der Waals surface area contributed by atoms with Crippen molar-refractivity contribution in [3.8, 4) is 5.75 Å². The number of carbonyl (C=O) groups is 5. The molecule has 0 saturated carbocycles. The molecule has 1 aliphatic rings. The van der Waals surface area contributed by atoms with E-state index in [2.05, 4.69) is 19.2 Å². The molecule has 12 heteroatoms. The number of alkyl halides is 1. The molecule has 1 fully saturated rings. The minimum atomic E-state index is -2.59. The number of benzene rings is 3. The SMILES string of the molecule is CCC(C)(C)c1cc(C(C)(C)CC)c(C(C(=O)Nc2ccccc2)(C(=O)C(C)(C)C)N2C(=O)N(c3ccc(Cl)cc3)C(C)(C)C2=O)cc1OCCC(Cl)C(N)=O. The summed E-state index contributed by atoms with van der Waals surface area (Å²) in [7, 11) is 0. The highest BCUT2D eigenvalue weighted by atomic mass is 35.5. The third-order valence-electron chi connectivity index (χ3n) is 11.1. The number of imide groups is 1. The minimum absolute atomic E-state index is 0.0325. The van der Waals surface area contributed by atoms with Crippen LogP contribution in [0.4, 0.5) is 16.2 Å². The Morgan fingerprint density at radius 1 is 0.839 bits per heavy atom. The Morgan fingerprint density at radius 3 is 1.91 bits per heavy atom. The molecule has 10 nitrogen and oxygen atoms in total. The maximum absolute atomic E-state index is 15.7. The van der Waals surface area contributed by atoms with E-state index in [1.807, 2.05) is 33.8 Å². The number of rotatable bonds is 15. The highest BCUT2D eigenvalue weighted by Crippen LogP contribution is 2.51.